The van der Waals surface area contributed by atoms with Crippen molar-refractivity contribution in [1.82, 2.24) is 10.6 Å². The molecule has 0 aromatic carbocycles. The minimum atomic E-state index is -0.279. The van der Waals surface area contributed by atoms with E-state index in [2.05, 4.69) is 17.2 Å². The lowest BCUT2D eigenvalue weighted by molar-refractivity contribution is -0.130. The summed E-state index contributed by atoms with van der Waals surface area (Å²) in [7, 11) is 1.66. The van der Waals surface area contributed by atoms with Crippen molar-refractivity contribution in [3.63, 3.8) is 0 Å². The third-order valence-electron chi connectivity index (χ3n) is 2.92. The van der Waals surface area contributed by atoms with Crippen LogP contribution in [0.15, 0.2) is 12.7 Å². The molecular formula is C11H20N2O2. The lowest BCUT2D eigenvalue weighted by Crippen LogP contribution is -2.43. The molecule has 1 rings (SSSR count). The van der Waals surface area contributed by atoms with Gasteiger partial charge < -0.3 is 15.4 Å². The fourth-order valence-corrected chi connectivity index (χ4v) is 1.91. The van der Waals surface area contributed by atoms with E-state index in [9.17, 15) is 4.79 Å². The van der Waals surface area contributed by atoms with Crippen molar-refractivity contribution in [3.05, 3.63) is 12.7 Å². The van der Waals surface area contributed by atoms with E-state index < -0.39 is 0 Å². The number of nitrogens with one attached hydrogen (secondary N) is 2. The van der Waals surface area contributed by atoms with Gasteiger partial charge in [-0.15, -0.1) is 6.58 Å². The number of ether oxygens (including phenoxy) is 1. The molecule has 4 nitrogen and oxygen atoms in total. The number of amides is 1. The molecule has 0 saturated carbocycles. The third-order valence-corrected chi connectivity index (χ3v) is 2.92. The van der Waals surface area contributed by atoms with Gasteiger partial charge in [0.05, 0.1) is 5.41 Å². The topological polar surface area (TPSA) is 50.4 Å². The largest absolute Gasteiger partial charge is 0.385 e. The van der Waals surface area contributed by atoms with Gasteiger partial charge in [-0.2, -0.15) is 0 Å². The molecule has 1 aliphatic heterocycles. The van der Waals surface area contributed by atoms with Crippen LogP contribution >= 0.6 is 0 Å². The Labute approximate surface area is 91.1 Å². The molecule has 15 heavy (non-hydrogen) atoms. The Morgan fingerprint density at radius 3 is 3.07 bits per heavy atom. The molecule has 0 radical (unpaired) electrons. The van der Waals surface area contributed by atoms with Gasteiger partial charge in [0.15, 0.2) is 0 Å². The third kappa shape index (κ3) is 3.04. The summed E-state index contributed by atoms with van der Waals surface area (Å²) in [6.45, 7) is 6.41. The first-order chi connectivity index (χ1) is 7.25. The molecule has 0 aromatic rings. The Balaban J connectivity index is 2.54. The maximum atomic E-state index is 12.0. The van der Waals surface area contributed by atoms with Gasteiger partial charge in [0.2, 0.25) is 5.91 Å². The standard InChI is InChI=1S/C11H20N2O2/c1-3-6-13-10(14)11(5-8-15-2)4-7-12-9-11/h3,12H,1,4-9H2,2H3,(H,13,14). The number of methoxy groups -OCH3 is 1. The Morgan fingerprint density at radius 1 is 1.73 bits per heavy atom. The molecule has 0 aliphatic carbocycles. The van der Waals surface area contributed by atoms with Crippen LogP contribution in [-0.2, 0) is 9.53 Å². The quantitative estimate of drug-likeness (QED) is 0.623. The van der Waals surface area contributed by atoms with Crippen LogP contribution in [0.4, 0.5) is 0 Å². The number of carbonyl (C=O) groups excluding carboxylic acids is 1. The second-order valence-electron chi connectivity index (χ2n) is 3.95. The Bertz CT molecular complexity index is 223. The molecule has 1 amide bonds. The maximum Gasteiger partial charge on any atom is 0.227 e. The van der Waals surface area contributed by atoms with E-state index in [0.29, 0.717) is 13.2 Å². The second-order valence-corrected chi connectivity index (χ2v) is 3.95. The second kappa shape index (κ2) is 5.88. The van der Waals surface area contributed by atoms with Crippen LogP contribution in [0.3, 0.4) is 0 Å². The van der Waals surface area contributed by atoms with Crippen molar-refractivity contribution in [1.29, 1.82) is 0 Å². The number of carbonyl (C=O) groups is 1. The van der Waals surface area contributed by atoms with Crippen molar-refractivity contribution < 1.29 is 9.53 Å². The van der Waals surface area contributed by atoms with Crippen molar-refractivity contribution in [2.45, 2.75) is 12.8 Å². The van der Waals surface area contributed by atoms with Crippen molar-refractivity contribution in [3.8, 4) is 0 Å². The summed E-state index contributed by atoms with van der Waals surface area (Å²) in [5.41, 5.74) is -0.279. The first-order valence-corrected chi connectivity index (χ1v) is 5.34. The highest BCUT2D eigenvalue weighted by Crippen LogP contribution is 2.29. The molecule has 1 unspecified atom stereocenters. The zero-order valence-electron chi connectivity index (χ0n) is 9.34. The maximum absolute atomic E-state index is 12.0. The van der Waals surface area contributed by atoms with Crippen LogP contribution in [0.25, 0.3) is 0 Å². The van der Waals surface area contributed by atoms with Gasteiger partial charge in [-0.1, -0.05) is 6.08 Å². The molecule has 1 heterocycles. The van der Waals surface area contributed by atoms with Crippen LogP contribution in [0.1, 0.15) is 12.8 Å². The predicted molar refractivity (Wildman–Crippen MR) is 59.6 cm³/mol. The summed E-state index contributed by atoms with van der Waals surface area (Å²) in [6.07, 6.45) is 3.36. The normalized spacial score (nSPS) is 25.1. The number of rotatable bonds is 6. The van der Waals surface area contributed by atoms with Crippen molar-refractivity contribution in [2.24, 2.45) is 5.41 Å². The van der Waals surface area contributed by atoms with E-state index in [1.165, 1.54) is 0 Å². The van der Waals surface area contributed by atoms with Gasteiger partial charge in [-0.3, -0.25) is 4.79 Å². The zero-order valence-corrected chi connectivity index (χ0v) is 9.34. The smallest absolute Gasteiger partial charge is 0.227 e. The molecule has 0 aromatic heterocycles. The van der Waals surface area contributed by atoms with Crippen molar-refractivity contribution in [2.75, 3.05) is 33.4 Å². The van der Waals surface area contributed by atoms with E-state index in [4.69, 9.17) is 4.74 Å². The van der Waals surface area contributed by atoms with E-state index in [1.807, 2.05) is 0 Å². The van der Waals surface area contributed by atoms with E-state index in [-0.39, 0.29) is 11.3 Å². The molecule has 1 saturated heterocycles. The molecule has 0 spiro atoms. The summed E-state index contributed by atoms with van der Waals surface area (Å²) in [6, 6.07) is 0. The van der Waals surface area contributed by atoms with Crippen LogP contribution < -0.4 is 10.6 Å². The van der Waals surface area contributed by atoms with E-state index >= 15 is 0 Å². The highest BCUT2D eigenvalue weighted by Gasteiger charge is 2.40. The van der Waals surface area contributed by atoms with Gasteiger partial charge in [0.1, 0.15) is 0 Å². The summed E-state index contributed by atoms with van der Waals surface area (Å²) in [5, 5.41) is 6.11. The first-order valence-electron chi connectivity index (χ1n) is 5.34. The van der Waals surface area contributed by atoms with Gasteiger partial charge >= 0.3 is 0 Å². The highest BCUT2D eigenvalue weighted by molar-refractivity contribution is 5.83. The molecule has 0 bridgehead atoms. The summed E-state index contributed by atoms with van der Waals surface area (Å²) >= 11 is 0. The first kappa shape index (κ1) is 12.2. The molecular weight excluding hydrogens is 192 g/mol. The Hall–Kier alpha value is -0.870. The SMILES string of the molecule is C=CCNC(=O)C1(CCOC)CCNC1. The monoisotopic (exact) mass is 212 g/mol. The van der Waals surface area contributed by atoms with E-state index in [1.54, 1.807) is 13.2 Å². The van der Waals surface area contributed by atoms with Crippen LogP contribution in [0, 0.1) is 5.41 Å². The predicted octanol–water partition coefficient (Wildman–Crippen LogP) is 0.305. The molecule has 1 atom stereocenters. The minimum Gasteiger partial charge on any atom is -0.385 e. The van der Waals surface area contributed by atoms with Crippen LogP contribution in [0.2, 0.25) is 0 Å². The van der Waals surface area contributed by atoms with Crippen LogP contribution in [0.5, 0.6) is 0 Å². The molecule has 1 aliphatic rings. The molecule has 1 fully saturated rings. The van der Waals surface area contributed by atoms with E-state index in [0.717, 1.165) is 25.9 Å². The van der Waals surface area contributed by atoms with Gasteiger partial charge in [0, 0.05) is 26.8 Å². The van der Waals surface area contributed by atoms with Crippen molar-refractivity contribution >= 4 is 5.91 Å². The lowest BCUT2D eigenvalue weighted by Gasteiger charge is -2.26. The molecule has 2 N–H and O–H groups in total. The zero-order chi connectivity index (χ0) is 11.1. The Morgan fingerprint density at radius 2 is 2.53 bits per heavy atom. The average Bonchev–Trinajstić information content (AvgIpc) is 2.73. The van der Waals surface area contributed by atoms with Gasteiger partial charge in [0.25, 0.3) is 0 Å². The Kier molecular flexibility index (Phi) is 4.78. The number of hydrogen-bond acceptors (Lipinski definition) is 3. The molecule has 86 valence electrons. The average molecular weight is 212 g/mol. The summed E-state index contributed by atoms with van der Waals surface area (Å²) < 4.78 is 5.06. The highest BCUT2D eigenvalue weighted by atomic mass is 16.5. The number of hydrogen-bond donors (Lipinski definition) is 2. The lowest BCUT2D eigenvalue weighted by atomic mass is 9.83. The molecule has 4 heteroatoms. The summed E-state index contributed by atoms with van der Waals surface area (Å²) in [4.78, 5) is 12.0. The summed E-state index contributed by atoms with van der Waals surface area (Å²) in [5.74, 6) is 0.115. The van der Waals surface area contributed by atoms with Crippen LogP contribution in [-0.4, -0.2) is 39.3 Å². The fourth-order valence-electron chi connectivity index (χ4n) is 1.91. The van der Waals surface area contributed by atoms with Gasteiger partial charge in [-0.25, -0.2) is 0 Å². The fraction of sp³-hybridized carbons (Fsp3) is 0.727. The minimum absolute atomic E-state index is 0.115. The van der Waals surface area contributed by atoms with Gasteiger partial charge in [-0.05, 0) is 19.4 Å².